The van der Waals surface area contributed by atoms with Crippen molar-refractivity contribution in [2.45, 2.75) is 49.6 Å². The normalized spacial score (nSPS) is 21.0. The molecule has 2 heterocycles. The molecular weight excluding hydrogens is 438 g/mol. The number of likely N-dealkylation sites (tertiary alicyclic amines) is 2. The first-order chi connectivity index (χ1) is 14.7. The van der Waals surface area contributed by atoms with Crippen LogP contribution in [0.4, 0.5) is 0 Å². The number of amides is 2. The number of nitrogens with one attached hydrogen (secondary N) is 1. The van der Waals surface area contributed by atoms with Gasteiger partial charge in [-0.25, -0.2) is 8.42 Å². The van der Waals surface area contributed by atoms with Crippen molar-refractivity contribution in [1.29, 1.82) is 0 Å². The molecule has 4 rings (SSSR count). The first-order valence-electron chi connectivity index (χ1n) is 10.5. The first kappa shape index (κ1) is 22.0. The Kier molecular flexibility index (Phi) is 6.23. The van der Waals surface area contributed by atoms with Crippen LogP contribution in [-0.4, -0.2) is 61.7 Å². The largest absolute Gasteiger partial charge is 0.343 e. The van der Waals surface area contributed by atoms with Crippen molar-refractivity contribution in [3.05, 3.63) is 41.4 Å². The standard InChI is InChI=1S/C22H26ClN3O4S/c1-15(27)25-11-8-19(9-12-25)26-10-2-3-21(22(26)28)24-31(29,30)20-7-5-16-13-18(23)6-4-17(16)14-20/h4-7,13-14,19,21,24H,2-3,8-12H2,1H3/t21-/m0/s1. The number of nitrogens with zero attached hydrogens (tertiary/aromatic N) is 2. The van der Waals surface area contributed by atoms with E-state index in [1.165, 1.54) is 6.07 Å². The molecule has 0 spiro atoms. The lowest BCUT2D eigenvalue weighted by molar-refractivity contribution is -0.140. The van der Waals surface area contributed by atoms with Crippen LogP contribution in [-0.2, 0) is 19.6 Å². The zero-order valence-electron chi connectivity index (χ0n) is 17.4. The molecule has 0 radical (unpaired) electrons. The van der Waals surface area contributed by atoms with Gasteiger partial charge in [0.1, 0.15) is 6.04 Å². The van der Waals surface area contributed by atoms with E-state index in [0.29, 0.717) is 31.1 Å². The van der Waals surface area contributed by atoms with Gasteiger partial charge in [-0.3, -0.25) is 9.59 Å². The number of sulfonamides is 1. The number of benzene rings is 2. The number of hydrogen-bond donors (Lipinski definition) is 1. The molecule has 0 unspecified atom stereocenters. The molecular formula is C22H26ClN3O4S. The van der Waals surface area contributed by atoms with Crippen molar-refractivity contribution in [2.75, 3.05) is 19.6 Å². The number of carbonyl (C=O) groups excluding carboxylic acids is 2. The van der Waals surface area contributed by atoms with Crippen LogP contribution >= 0.6 is 11.6 Å². The molecule has 2 aromatic rings. The fourth-order valence-corrected chi connectivity index (χ4v) is 5.92. The van der Waals surface area contributed by atoms with Crippen LogP contribution in [0.15, 0.2) is 41.3 Å². The number of halogens is 1. The predicted octanol–water partition coefficient (Wildman–Crippen LogP) is 2.77. The average molecular weight is 464 g/mol. The van der Waals surface area contributed by atoms with E-state index >= 15 is 0 Å². The summed E-state index contributed by atoms with van der Waals surface area (Å²) in [5.74, 6) is -0.129. The van der Waals surface area contributed by atoms with Crippen LogP contribution in [0, 0.1) is 0 Å². The maximum atomic E-state index is 13.1. The van der Waals surface area contributed by atoms with Crippen molar-refractivity contribution >= 4 is 44.2 Å². The second-order valence-corrected chi connectivity index (χ2v) is 10.4. The van der Waals surface area contributed by atoms with Gasteiger partial charge in [-0.1, -0.05) is 23.7 Å². The summed E-state index contributed by atoms with van der Waals surface area (Å²) in [7, 11) is -3.85. The summed E-state index contributed by atoms with van der Waals surface area (Å²) < 4.78 is 28.6. The Bertz CT molecular complexity index is 1110. The van der Waals surface area contributed by atoms with Gasteiger partial charge in [0, 0.05) is 37.6 Å². The van der Waals surface area contributed by atoms with E-state index in [0.717, 1.165) is 30.0 Å². The second-order valence-electron chi connectivity index (χ2n) is 8.24. The molecule has 2 amide bonds. The lowest BCUT2D eigenvalue weighted by Crippen LogP contribution is -2.57. The number of hydrogen-bond acceptors (Lipinski definition) is 4. The third kappa shape index (κ3) is 4.71. The van der Waals surface area contributed by atoms with E-state index in [2.05, 4.69) is 4.72 Å². The Morgan fingerprint density at radius 2 is 1.71 bits per heavy atom. The summed E-state index contributed by atoms with van der Waals surface area (Å²) >= 11 is 6.00. The molecule has 2 aromatic carbocycles. The minimum absolute atomic E-state index is 0.0424. The second kappa shape index (κ2) is 8.76. The zero-order chi connectivity index (χ0) is 22.2. The van der Waals surface area contributed by atoms with E-state index in [4.69, 9.17) is 11.6 Å². The summed E-state index contributed by atoms with van der Waals surface area (Å²) in [6.07, 6.45) is 2.65. The molecule has 166 valence electrons. The Labute approximate surface area is 187 Å². The predicted molar refractivity (Wildman–Crippen MR) is 119 cm³/mol. The molecule has 2 aliphatic heterocycles. The molecule has 31 heavy (non-hydrogen) atoms. The third-order valence-electron chi connectivity index (χ3n) is 6.21. The molecule has 2 aliphatic rings. The summed E-state index contributed by atoms with van der Waals surface area (Å²) in [6.45, 7) is 3.43. The monoisotopic (exact) mass is 463 g/mol. The van der Waals surface area contributed by atoms with E-state index < -0.39 is 16.1 Å². The molecule has 1 N–H and O–H groups in total. The first-order valence-corrected chi connectivity index (χ1v) is 12.4. The van der Waals surface area contributed by atoms with Gasteiger partial charge in [0.15, 0.2) is 0 Å². The van der Waals surface area contributed by atoms with Crippen molar-refractivity contribution in [3.8, 4) is 0 Å². The molecule has 0 aromatic heterocycles. The van der Waals surface area contributed by atoms with Crippen LogP contribution in [0.1, 0.15) is 32.6 Å². The van der Waals surface area contributed by atoms with E-state index in [-0.39, 0.29) is 22.8 Å². The van der Waals surface area contributed by atoms with Gasteiger partial charge in [-0.15, -0.1) is 0 Å². The van der Waals surface area contributed by atoms with Crippen LogP contribution in [0.2, 0.25) is 5.02 Å². The van der Waals surface area contributed by atoms with Crippen molar-refractivity contribution in [3.63, 3.8) is 0 Å². The maximum absolute atomic E-state index is 13.1. The summed E-state index contributed by atoms with van der Waals surface area (Å²) in [6, 6.07) is 9.38. The molecule has 9 heteroatoms. The smallest absolute Gasteiger partial charge is 0.241 e. The molecule has 2 saturated heterocycles. The van der Waals surface area contributed by atoms with Crippen LogP contribution in [0.5, 0.6) is 0 Å². The highest BCUT2D eigenvalue weighted by Gasteiger charge is 2.37. The fraction of sp³-hybridized carbons (Fsp3) is 0.455. The Morgan fingerprint density at radius 3 is 2.42 bits per heavy atom. The summed E-state index contributed by atoms with van der Waals surface area (Å²) in [4.78, 5) is 28.4. The van der Waals surface area contributed by atoms with E-state index in [1.807, 2.05) is 0 Å². The van der Waals surface area contributed by atoms with Gasteiger partial charge in [-0.05, 0) is 60.7 Å². The maximum Gasteiger partial charge on any atom is 0.241 e. The minimum atomic E-state index is -3.85. The Balaban J connectivity index is 1.47. The minimum Gasteiger partial charge on any atom is -0.343 e. The molecule has 7 nitrogen and oxygen atoms in total. The van der Waals surface area contributed by atoms with Crippen molar-refractivity contribution < 1.29 is 18.0 Å². The Morgan fingerprint density at radius 1 is 1.03 bits per heavy atom. The van der Waals surface area contributed by atoms with Gasteiger partial charge in [0.2, 0.25) is 21.8 Å². The molecule has 0 saturated carbocycles. The SMILES string of the molecule is CC(=O)N1CCC(N2CCC[C@H](NS(=O)(=O)c3ccc4cc(Cl)ccc4c3)C2=O)CC1. The Hall–Kier alpha value is -2.16. The van der Waals surface area contributed by atoms with Crippen LogP contribution in [0.25, 0.3) is 10.8 Å². The average Bonchev–Trinajstić information content (AvgIpc) is 2.74. The van der Waals surface area contributed by atoms with Gasteiger partial charge < -0.3 is 9.80 Å². The van der Waals surface area contributed by atoms with Gasteiger partial charge in [0.25, 0.3) is 0 Å². The molecule has 1 atom stereocenters. The summed E-state index contributed by atoms with van der Waals surface area (Å²) in [5.41, 5.74) is 0. The quantitative estimate of drug-likeness (QED) is 0.755. The number of piperidine rings is 2. The fourth-order valence-electron chi connectivity index (χ4n) is 4.48. The van der Waals surface area contributed by atoms with Gasteiger partial charge >= 0.3 is 0 Å². The highest BCUT2D eigenvalue weighted by Crippen LogP contribution is 2.25. The number of fused-ring (bicyclic) bond motifs is 1. The van der Waals surface area contributed by atoms with Gasteiger partial charge in [-0.2, -0.15) is 4.72 Å². The lowest BCUT2D eigenvalue weighted by atomic mass is 9.97. The van der Waals surface area contributed by atoms with E-state index in [9.17, 15) is 18.0 Å². The van der Waals surface area contributed by atoms with Crippen LogP contribution in [0.3, 0.4) is 0 Å². The van der Waals surface area contributed by atoms with Gasteiger partial charge in [0.05, 0.1) is 4.90 Å². The third-order valence-corrected chi connectivity index (χ3v) is 7.91. The summed E-state index contributed by atoms with van der Waals surface area (Å²) in [5, 5.41) is 2.20. The van der Waals surface area contributed by atoms with E-state index in [1.54, 1.807) is 47.1 Å². The van der Waals surface area contributed by atoms with Crippen molar-refractivity contribution in [2.24, 2.45) is 0 Å². The molecule has 2 fully saturated rings. The molecule has 0 bridgehead atoms. The zero-order valence-corrected chi connectivity index (χ0v) is 19.0. The number of rotatable bonds is 4. The molecule has 0 aliphatic carbocycles. The lowest BCUT2D eigenvalue weighted by Gasteiger charge is -2.42. The van der Waals surface area contributed by atoms with Crippen molar-refractivity contribution in [1.82, 2.24) is 14.5 Å². The van der Waals surface area contributed by atoms with Crippen LogP contribution < -0.4 is 4.72 Å². The highest BCUT2D eigenvalue weighted by atomic mass is 35.5. The highest BCUT2D eigenvalue weighted by molar-refractivity contribution is 7.89. The number of carbonyl (C=O) groups is 2. The topological polar surface area (TPSA) is 86.8 Å².